The number of thiocarbonyl (C=S) groups is 1. The quantitative estimate of drug-likeness (QED) is 0.335. The van der Waals surface area contributed by atoms with Gasteiger partial charge in [0.25, 0.3) is 11.8 Å². The van der Waals surface area contributed by atoms with Gasteiger partial charge in [0.1, 0.15) is 17.2 Å². The Morgan fingerprint density at radius 1 is 1.00 bits per heavy atom. The first-order valence-electron chi connectivity index (χ1n) is 10.6. The molecule has 0 bridgehead atoms. The molecule has 1 aliphatic heterocycles. The van der Waals surface area contributed by atoms with Gasteiger partial charge in [-0.2, -0.15) is 0 Å². The fourth-order valence-corrected chi connectivity index (χ4v) is 4.63. The molecule has 0 aliphatic carbocycles. The van der Waals surface area contributed by atoms with Gasteiger partial charge >= 0.3 is 0 Å². The van der Waals surface area contributed by atoms with Crippen LogP contribution in [0.15, 0.2) is 77.7 Å². The summed E-state index contributed by atoms with van der Waals surface area (Å²) in [6.45, 7) is -0.200. The lowest BCUT2D eigenvalue weighted by Gasteiger charge is -2.14. The van der Waals surface area contributed by atoms with Crippen LogP contribution in [0.5, 0.6) is 17.2 Å². The maximum Gasteiger partial charge on any atom is 0.270 e. The zero-order valence-corrected chi connectivity index (χ0v) is 20.7. The molecule has 4 rings (SSSR count). The minimum atomic E-state index is -0.320. The molecule has 0 radical (unpaired) electrons. The number of nitrogens with zero attached hydrogens (tertiary/aromatic N) is 1. The second-order valence-corrected chi connectivity index (χ2v) is 9.00. The number of nitrogens with one attached hydrogen (secondary N) is 1. The van der Waals surface area contributed by atoms with Crippen molar-refractivity contribution in [1.29, 1.82) is 0 Å². The van der Waals surface area contributed by atoms with Crippen LogP contribution in [0.25, 0.3) is 6.08 Å². The van der Waals surface area contributed by atoms with Crippen molar-refractivity contribution in [2.45, 2.75) is 0 Å². The third kappa shape index (κ3) is 5.82. The van der Waals surface area contributed by atoms with Gasteiger partial charge in [-0.25, -0.2) is 0 Å². The molecule has 1 N–H and O–H groups in total. The van der Waals surface area contributed by atoms with Crippen molar-refractivity contribution in [3.8, 4) is 17.2 Å². The highest BCUT2D eigenvalue weighted by Crippen LogP contribution is 2.37. The predicted octanol–water partition coefficient (Wildman–Crippen LogP) is 5.13. The number of rotatable bonds is 8. The molecule has 35 heavy (non-hydrogen) atoms. The van der Waals surface area contributed by atoms with Gasteiger partial charge in [0.2, 0.25) is 0 Å². The van der Waals surface area contributed by atoms with E-state index < -0.39 is 0 Å². The molecule has 9 heteroatoms. The first kappa shape index (κ1) is 24.3. The Kier molecular flexibility index (Phi) is 7.69. The molecular weight excluding hydrogens is 484 g/mol. The zero-order chi connectivity index (χ0) is 24.8. The van der Waals surface area contributed by atoms with Gasteiger partial charge in [0.15, 0.2) is 10.9 Å². The largest absolute Gasteiger partial charge is 0.497 e. The molecule has 0 spiro atoms. The number of hydrogen-bond donors (Lipinski definition) is 1. The first-order valence-corrected chi connectivity index (χ1v) is 11.8. The van der Waals surface area contributed by atoms with Crippen LogP contribution < -0.4 is 24.4 Å². The van der Waals surface area contributed by atoms with E-state index >= 15 is 0 Å². The maximum atomic E-state index is 13.1. The minimum Gasteiger partial charge on any atom is -0.497 e. The number of amides is 2. The first-order chi connectivity index (χ1) is 17.0. The molecule has 1 heterocycles. The Morgan fingerprint density at radius 2 is 1.74 bits per heavy atom. The second-order valence-electron chi connectivity index (χ2n) is 7.32. The number of carbonyl (C=O) groups excluding carboxylic acids is 2. The Morgan fingerprint density at radius 3 is 2.49 bits per heavy atom. The fourth-order valence-electron chi connectivity index (χ4n) is 3.34. The average molecular weight is 507 g/mol. The van der Waals surface area contributed by atoms with E-state index in [0.29, 0.717) is 43.4 Å². The number of para-hydroxylation sites is 1. The van der Waals surface area contributed by atoms with Crippen molar-refractivity contribution in [3.05, 3.63) is 83.3 Å². The Bertz CT molecular complexity index is 1290. The summed E-state index contributed by atoms with van der Waals surface area (Å²) in [5.74, 6) is 1.26. The van der Waals surface area contributed by atoms with Crippen LogP contribution in [0.3, 0.4) is 0 Å². The SMILES string of the molecule is COc1ccc(N2C(=O)/C(=C/c3ccccc3OCC(=O)Nc3cccc(OC)c3)SC2=S)cc1. The van der Waals surface area contributed by atoms with Crippen LogP contribution >= 0.6 is 24.0 Å². The number of thioether (sulfide) groups is 1. The Labute approximate surface area is 212 Å². The van der Waals surface area contributed by atoms with Gasteiger partial charge in [0, 0.05) is 17.3 Å². The Balaban J connectivity index is 1.46. The summed E-state index contributed by atoms with van der Waals surface area (Å²) < 4.78 is 16.6. The number of benzene rings is 3. The molecule has 1 aliphatic rings. The lowest BCUT2D eigenvalue weighted by molar-refractivity contribution is -0.118. The standard InChI is InChI=1S/C26H22N2O5S2/c1-31-20-12-10-19(11-13-20)28-25(30)23(35-26(28)34)14-17-6-3-4-9-22(17)33-16-24(29)27-18-7-5-8-21(15-18)32-2/h3-15H,16H2,1-2H3,(H,27,29)/b23-14-. The second kappa shape index (κ2) is 11.1. The summed E-state index contributed by atoms with van der Waals surface area (Å²) in [6.07, 6.45) is 1.72. The van der Waals surface area contributed by atoms with Crippen molar-refractivity contribution in [1.82, 2.24) is 0 Å². The van der Waals surface area contributed by atoms with Gasteiger partial charge in [-0.05, 0) is 48.5 Å². The van der Waals surface area contributed by atoms with E-state index in [4.69, 9.17) is 26.4 Å². The number of anilines is 2. The van der Waals surface area contributed by atoms with Gasteiger partial charge in [-0.15, -0.1) is 0 Å². The van der Waals surface area contributed by atoms with Crippen molar-refractivity contribution >= 4 is 57.6 Å². The van der Waals surface area contributed by atoms with Crippen molar-refractivity contribution in [2.24, 2.45) is 0 Å². The average Bonchev–Trinajstić information content (AvgIpc) is 3.16. The van der Waals surface area contributed by atoms with Crippen molar-refractivity contribution in [2.75, 3.05) is 31.0 Å². The number of carbonyl (C=O) groups is 2. The fraction of sp³-hybridized carbons (Fsp3) is 0.115. The molecule has 0 unspecified atom stereocenters. The van der Waals surface area contributed by atoms with Gasteiger partial charge in [0.05, 0.1) is 24.8 Å². The van der Waals surface area contributed by atoms with E-state index in [1.165, 1.54) is 16.7 Å². The van der Waals surface area contributed by atoms with Crippen molar-refractivity contribution < 1.29 is 23.8 Å². The summed E-state index contributed by atoms with van der Waals surface area (Å²) in [7, 11) is 3.14. The van der Waals surface area contributed by atoms with E-state index in [2.05, 4.69) is 5.32 Å². The Hall–Kier alpha value is -3.82. The molecule has 7 nitrogen and oxygen atoms in total. The van der Waals surface area contributed by atoms with Crippen LogP contribution in [0.1, 0.15) is 5.56 Å². The molecule has 0 atom stereocenters. The van der Waals surface area contributed by atoms with Gasteiger partial charge in [-0.1, -0.05) is 48.2 Å². The zero-order valence-electron chi connectivity index (χ0n) is 19.0. The predicted molar refractivity (Wildman–Crippen MR) is 142 cm³/mol. The molecule has 3 aromatic carbocycles. The van der Waals surface area contributed by atoms with E-state index in [-0.39, 0.29) is 18.4 Å². The molecule has 0 aromatic heterocycles. The van der Waals surface area contributed by atoms with E-state index in [1.807, 2.05) is 12.1 Å². The van der Waals surface area contributed by atoms with Gasteiger partial charge < -0.3 is 19.5 Å². The number of hydrogen-bond acceptors (Lipinski definition) is 7. The highest BCUT2D eigenvalue weighted by atomic mass is 32.2. The lowest BCUT2D eigenvalue weighted by Crippen LogP contribution is -2.27. The summed E-state index contributed by atoms with van der Waals surface area (Å²) >= 11 is 6.67. The van der Waals surface area contributed by atoms with Crippen LogP contribution in [0.4, 0.5) is 11.4 Å². The highest BCUT2D eigenvalue weighted by Gasteiger charge is 2.33. The summed E-state index contributed by atoms with van der Waals surface area (Å²) in [5.41, 5.74) is 1.93. The summed E-state index contributed by atoms with van der Waals surface area (Å²) in [4.78, 5) is 27.5. The molecule has 2 amide bonds. The van der Waals surface area contributed by atoms with Crippen LogP contribution in [-0.2, 0) is 9.59 Å². The van der Waals surface area contributed by atoms with E-state index in [1.54, 1.807) is 81.0 Å². The lowest BCUT2D eigenvalue weighted by atomic mass is 10.2. The normalized spacial score (nSPS) is 14.2. The highest BCUT2D eigenvalue weighted by molar-refractivity contribution is 8.27. The maximum absolute atomic E-state index is 13.1. The molecule has 1 fully saturated rings. The molecule has 3 aromatic rings. The molecular formula is C26H22N2O5S2. The minimum absolute atomic E-state index is 0.200. The van der Waals surface area contributed by atoms with Crippen molar-refractivity contribution in [3.63, 3.8) is 0 Å². The molecule has 0 saturated carbocycles. The molecule has 1 saturated heterocycles. The van der Waals surface area contributed by atoms with Gasteiger partial charge in [-0.3, -0.25) is 14.5 Å². The smallest absolute Gasteiger partial charge is 0.270 e. The topological polar surface area (TPSA) is 77.1 Å². The summed E-state index contributed by atoms with van der Waals surface area (Å²) in [6, 6.07) is 21.4. The van der Waals surface area contributed by atoms with Crippen LogP contribution in [0, 0.1) is 0 Å². The van der Waals surface area contributed by atoms with Crippen LogP contribution in [-0.4, -0.2) is 37.0 Å². The number of ether oxygens (including phenoxy) is 3. The third-order valence-electron chi connectivity index (χ3n) is 5.04. The molecule has 178 valence electrons. The van der Waals surface area contributed by atoms with E-state index in [0.717, 1.165) is 0 Å². The van der Waals surface area contributed by atoms with Crippen LogP contribution in [0.2, 0.25) is 0 Å². The third-order valence-corrected chi connectivity index (χ3v) is 6.34. The van der Waals surface area contributed by atoms with E-state index in [9.17, 15) is 9.59 Å². The number of methoxy groups -OCH3 is 2. The monoisotopic (exact) mass is 506 g/mol. The summed E-state index contributed by atoms with van der Waals surface area (Å²) in [5, 5.41) is 2.77.